The van der Waals surface area contributed by atoms with Gasteiger partial charge in [0.25, 0.3) is 0 Å². The molecule has 208 valence electrons. The highest BCUT2D eigenvalue weighted by Crippen LogP contribution is 2.10. The Hall–Kier alpha value is -2.95. The average molecular weight is 538 g/mol. The second-order valence-corrected chi connectivity index (χ2v) is 7.66. The molecule has 0 heterocycles. The van der Waals surface area contributed by atoms with Gasteiger partial charge in [-0.3, -0.25) is 19.2 Å². The number of unbranched alkanes of at least 4 members (excludes halogenated alkanes) is 1. The van der Waals surface area contributed by atoms with Crippen LogP contribution in [0.3, 0.4) is 0 Å². The first kappa shape index (κ1) is 37.6. The van der Waals surface area contributed by atoms with Gasteiger partial charge in [0.15, 0.2) is 0 Å². The lowest BCUT2D eigenvalue weighted by Crippen LogP contribution is -2.32. The zero-order valence-corrected chi connectivity index (χ0v) is 21.0. The predicted molar refractivity (Wildman–Crippen MR) is 137 cm³/mol. The Labute approximate surface area is 214 Å². The first-order valence-electron chi connectivity index (χ1n) is 10.6. The maximum Gasteiger partial charge on any atom is 0.321 e. The van der Waals surface area contributed by atoms with Gasteiger partial charge in [-0.05, 0) is 50.4 Å². The fourth-order valence-electron chi connectivity index (χ4n) is 1.68. The van der Waals surface area contributed by atoms with Crippen LogP contribution in [0.1, 0.15) is 31.7 Å². The number of rotatable bonds is 11. The quantitative estimate of drug-likeness (QED) is 0.114. The van der Waals surface area contributed by atoms with Gasteiger partial charge in [0, 0.05) is 5.75 Å². The van der Waals surface area contributed by atoms with Crippen molar-refractivity contribution in [3.05, 3.63) is 29.8 Å². The van der Waals surface area contributed by atoms with Crippen molar-refractivity contribution in [3.63, 3.8) is 0 Å². The minimum Gasteiger partial charge on any atom is -0.508 e. The van der Waals surface area contributed by atoms with Gasteiger partial charge in [0.2, 0.25) is 0 Å². The summed E-state index contributed by atoms with van der Waals surface area (Å²) in [6.07, 6.45) is 2.44. The summed E-state index contributed by atoms with van der Waals surface area (Å²) in [5, 5.41) is 41.7. The van der Waals surface area contributed by atoms with Crippen LogP contribution in [0, 0.1) is 0 Å². The summed E-state index contributed by atoms with van der Waals surface area (Å²) in [7, 11) is 0. The summed E-state index contributed by atoms with van der Waals surface area (Å²) in [5.74, 6) is -3.57. The number of aliphatic carboxylic acids is 4. The van der Waals surface area contributed by atoms with Crippen molar-refractivity contribution in [3.8, 4) is 5.75 Å². The lowest BCUT2D eigenvalue weighted by atomic mass is 10.1. The Bertz CT molecular complexity index is 767. The third-order valence-electron chi connectivity index (χ3n) is 3.90. The summed E-state index contributed by atoms with van der Waals surface area (Å²) in [6.45, 7) is 2.02. The number of phenolic OH excluding ortho intramolecular Hbond substituents is 1. The van der Waals surface area contributed by atoms with Crippen molar-refractivity contribution in [1.82, 2.24) is 0 Å². The van der Waals surface area contributed by atoms with Crippen LogP contribution in [-0.2, 0) is 25.6 Å². The van der Waals surface area contributed by atoms with E-state index >= 15 is 0 Å². The number of benzene rings is 1. The highest BCUT2D eigenvalue weighted by Gasteiger charge is 2.11. The van der Waals surface area contributed by atoms with Crippen LogP contribution < -0.4 is 28.7 Å². The van der Waals surface area contributed by atoms with Crippen molar-refractivity contribution in [2.24, 2.45) is 28.7 Å². The summed E-state index contributed by atoms with van der Waals surface area (Å²) >= 11 is 3.65. The molecule has 14 nitrogen and oxygen atoms in total. The van der Waals surface area contributed by atoms with Gasteiger partial charge >= 0.3 is 23.9 Å². The Morgan fingerprint density at radius 3 is 1.47 bits per heavy atom. The highest BCUT2D eigenvalue weighted by molar-refractivity contribution is 7.80. The third kappa shape index (κ3) is 24.2. The molecule has 0 amide bonds. The van der Waals surface area contributed by atoms with Gasteiger partial charge in [-0.1, -0.05) is 18.6 Å². The molecule has 15 N–H and O–H groups in total. The number of aromatic hydroxyl groups is 1. The largest absolute Gasteiger partial charge is 0.508 e. The van der Waals surface area contributed by atoms with E-state index in [9.17, 15) is 19.2 Å². The lowest BCUT2D eigenvalue weighted by Gasteiger charge is -2.05. The molecule has 1 aromatic carbocycles. The van der Waals surface area contributed by atoms with Crippen LogP contribution in [0.4, 0.5) is 0 Å². The molecule has 36 heavy (non-hydrogen) atoms. The smallest absolute Gasteiger partial charge is 0.321 e. The molecule has 0 saturated carbocycles. The van der Waals surface area contributed by atoms with Gasteiger partial charge < -0.3 is 54.2 Å². The molecule has 0 aliphatic heterocycles. The van der Waals surface area contributed by atoms with E-state index in [0.717, 1.165) is 18.4 Å². The molecule has 1 aromatic rings. The minimum atomic E-state index is -1.02. The van der Waals surface area contributed by atoms with Gasteiger partial charge in [0.05, 0.1) is 0 Å². The minimum absolute atomic E-state index is 0.160. The fraction of sp³-hybridized carbons (Fsp3) is 0.524. The number of carboxylic acids is 4. The van der Waals surface area contributed by atoms with E-state index in [1.165, 1.54) is 19.1 Å². The van der Waals surface area contributed by atoms with Crippen molar-refractivity contribution in [1.29, 1.82) is 0 Å². The number of carboxylic acid groups (broad SMARTS) is 4. The van der Waals surface area contributed by atoms with Gasteiger partial charge in [-0.25, -0.2) is 0 Å². The molecule has 0 fully saturated rings. The molecule has 0 aliphatic rings. The average Bonchev–Trinajstić information content (AvgIpc) is 2.81. The third-order valence-corrected chi connectivity index (χ3v) is 4.29. The molecule has 0 radical (unpaired) electrons. The van der Waals surface area contributed by atoms with Crippen molar-refractivity contribution in [2.75, 3.05) is 12.3 Å². The second kappa shape index (κ2) is 22.5. The zero-order chi connectivity index (χ0) is 28.8. The Morgan fingerprint density at radius 2 is 1.19 bits per heavy atom. The molecule has 4 atom stereocenters. The van der Waals surface area contributed by atoms with Crippen LogP contribution in [0.15, 0.2) is 24.3 Å². The fourth-order valence-corrected chi connectivity index (χ4v) is 1.84. The molecule has 0 unspecified atom stereocenters. The van der Waals surface area contributed by atoms with E-state index in [1.807, 2.05) is 0 Å². The summed E-state index contributed by atoms with van der Waals surface area (Å²) in [5.41, 5.74) is 26.3. The van der Waals surface area contributed by atoms with Gasteiger partial charge in [0.1, 0.15) is 29.9 Å². The molecule has 0 bridgehead atoms. The number of thiol groups is 1. The summed E-state index contributed by atoms with van der Waals surface area (Å²) in [4.78, 5) is 39.9. The molecule has 0 spiro atoms. The van der Waals surface area contributed by atoms with Crippen LogP contribution in [-0.4, -0.2) is 85.9 Å². The van der Waals surface area contributed by atoms with Crippen LogP contribution in [0.5, 0.6) is 5.75 Å². The van der Waals surface area contributed by atoms with Crippen LogP contribution >= 0.6 is 12.6 Å². The van der Waals surface area contributed by atoms with Crippen LogP contribution in [0.25, 0.3) is 0 Å². The SMILES string of the molecule is C[C@H](N)C(=O)O.NCCCC[C@H](N)C(=O)O.N[C@@H](CS)C(=O)O.N[C@@H](Cc1ccc(O)cc1)C(=O)O. The van der Waals surface area contributed by atoms with E-state index in [-0.39, 0.29) is 17.9 Å². The summed E-state index contributed by atoms with van der Waals surface area (Å²) in [6, 6.07) is 3.16. The first-order valence-corrected chi connectivity index (χ1v) is 11.3. The number of hydrogen-bond donors (Lipinski definition) is 11. The topological polar surface area (TPSA) is 300 Å². The lowest BCUT2D eigenvalue weighted by molar-refractivity contribution is -0.139. The van der Waals surface area contributed by atoms with Crippen LogP contribution in [0.2, 0.25) is 0 Å². The zero-order valence-electron chi connectivity index (χ0n) is 20.1. The maximum atomic E-state index is 10.4. The molecule has 15 heteroatoms. The Kier molecular flexibility index (Phi) is 23.5. The van der Waals surface area contributed by atoms with E-state index in [1.54, 1.807) is 12.1 Å². The van der Waals surface area contributed by atoms with Crippen molar-refractivity contribution in [2.45, 2.75) is 56.8 Å². The Balaban J connectivity index is -0.000000424. The van der Waals surface area contributed by atoms with Gasteiger partial charge in [-0.15, -0.1) is 0 Å². The maximum absolute atomic E-state index is 10.4. The number of nitrogens with two attached hydrogens (primary N) is 5. The second-order valence-electron chi connectivity index (χ2n) is 7.30. The van der Waals surface area contributed by atoms with E-state index in [2.05, 4.69) is 12.6 Å². The molecule has 0 aromatic heterocycles. The van der Waals surface area contributed by atoms with Crippen molar-refractivity contribution < 1.29 is 44.7 Å². The molecular formula is C21H39N5O9S. The normalized spacial score (nSPS) is 13.0. The van der Waals surface area contributed by atoms with E-state index in [0.29, 0.717) is 13.0 Å². The summed E-state index contributed by atoms with van der Waals surface area (Å²) < 4.78 is 0. The predicted octanol–water partition coefficient (Wildman–Crippen LogP) is -1.38. The monoisotopic (exact) mass is 537 g/mol. The van der Waals surface area contributed by atoms with Crippen molar-refractivity contribution >= 4 is 36.5 Å². The number of phenols is 1. The Morgan fingerprint density at radius 1 is 0.778 bits per heavy atom. The molecule has 0 saturated heterocycles. The van der Waals surface area contributed by atoms with E-state index < -0.39 is 48.0 Å². The molecular weight excluding hydrogens is 498 g/mol. The molecule has 0 aliphatic carbocycles. The molecule has 1 rings (SSSR count). The number of hydrogen-bond acceptors (Lipinski definition) is 11. The number of carbonyl (C=O) groups is 4. The van der Waals surface area contributed by atoms with E-state index in [4.69, 9.17) is 54.2 Å². The van der Waals surface area contributed by atoms with Gasteiger partial charge in [-0.2, -0.15) is 12.6 Å². The highest BCUT2D eigenvalue weighted by atomic mass is 32.1. The standard InChI is InChI=1S/C9H11NO3.C6H14N2O2.C3H7NO2S.C3H7NO2/c10-8(9(12)13)5-6-1-3-7(11)4-2-6;7-4-2-1-3-5(8)6(9)10;4-2(1-7)3(5)6;1-2(4)3(5)6/h1-4,8,11H,5,10H2,(H,12,13);5H,1-4,7-8H2,(H,9,10);2,7H,1,4H2,(H,5,6);2H,4H2,1H3,(H,5,6)/t8-;5-;2*2-/m0000/s1. The first-order chi connectivity index (χ1) is 16.6.